The first-order valence-electron chi connectivity index (χ1n) is 11.3. The third-order valence-electron chi connectivity index (χ3n) is 6.33. The third-order valence-corrected chi connectivity index (χ3v) is 6.68. The maximum Gasteiger partial charge on any atom is 0.278 e. The van der Waals surface area contributed by atoms with Crippen LogP contribution in [0.1, 0.15) is 59.2 Å². The number of nitrogens with one attached hydrogen (secondary N) is 2. The number of carbonyl (C=O) groups is 3. The molecule has 1 aliphatic heterocycles. The minimum Gasteiger partial charge on any atom is -0.375 e. The van der Waals surface area contributed by atoms with Crippen LogP contribution in [0.5, 0.6) is 0 Å². The minimum absolute atomic E-state index is 0.0462. The first-order chi connectivity index (χ1) is 15.8. The zero-order valence-corrected chi connectivity index (χ0v) is 19.7. The van der Waals surface area contributed by atoms with Crippen molar-refractivity contribution >= 4 is 35.0 Å². The monoisotopic (exact) mass is 465 g/mol. The van der Waals surface area contributed by atoms with Crippen molar-refractivity contribution in [2.45, 2.75) is 58.5 Å². The minimum atomic E-state index is -0.408. The molecular formula is C26H28ClN3O3. The Bertz CT molecular complexity index is 1120. The molecule has 0 atom stereocenters. The van der Waals surface area contributed by atoms with Gasteiger partial charge in [-0.15, -0.1) is 0 Å². The number of amides is 3. The van der Waals surface area contributed by atoms with Crippen LogP contribution in [0.15, 0.2) is 53.2 Å². The van der Waals surface area contributed by atoms with Crippen LogP contribution in [-0.2, 0) is 16.1 Å². The molecule has 2 aromatic rings. The van der Waals surface area contributed by atoms with Gasteiger partial charge in [0, 0.05) is 23.8 Å². The maximum atomic E-state index is 12.9. The molecule has 2 aliphatic rings. The molecule has 0 spiro atoms. The highest BCUT2D eigenvalue weighted by Gasteiger charge is 2.41. The van der Waals surface area contributed by atoms with Crippen molar-refractivity contribution < 1.29 is 14.4 Å². The smallest absolute Gasteiger partial charge is 0.278 e. The predicted molar refractivity (Wildman–Crippen MR) is 129 cm³/mol. The largest absolute Gasteiger partial charge is 0.375 e. The van der Waals surface area contributed by atoms with Gasteiger partial charge in [0.05, 0.1) is 0 Å². The van der Waals surface area contributed by atoms with Crippen molar-refractivity contribution in [1.29, 1.82) is 0 Å². The molecule has 33 heavy (non-hydrogen) atoms. The van der Waals surface area contributed by atoms with Crippen molar-refractivity contribution in [3.8, 4) is 0 Å². The third kappa shape index (κ3) is 4.96. The molecule has 2 aromatic carbocycles. The lowest BCUT2D eigenvalue weighted by Gasteiger charge is -2.29. The molecule has 1 heterocycles. The Kier molecular flexibility index (Phi) is 6.84. The van der Waals surface area contributed by atoms with Gasteiger partial charge >= 0.3 is 0 Å². The summed E-state index contributed by atoms with van der Waals surface area (Å²) in [5.74, 6) is -0.940. The number of carbonyl (C=O) groups excluding carboxylic acids is 3. The molecule has 0 unspecified atom stereocenters. The lowest BCUT2D eigenvalue weighted by molar-refractivity contribution is -0.140. The second-order valence-corrected chi connectivity index (χ2v) is 9.16. The number of benzene rings is 2. The molecule has 3 amide bonds. The zero-order chi connectivity index (χ0) is 23.5. The molecular weight excluding hydrogens is 438 g/mol. The van der Waals surface area contributed by atoms with Gasteiger partial charge in [-0.1, -0.05) is 55.1 Å². The van der Waals surface area contributed by atoms with Crippen LogP contribution in [0.25, 0.3) is 0 Å². The van der Waals surface area contributed by atoms with Crippen LogP contribution in [-0.4, -0.2) is 28.7 Å². The highest BCUT2D eigenvalue weighted by Crippen LogP contribution is 2.30. The summed E-state index contributed by atoms with van der Waals surface area (Å²) in [6.45, 7) is 4.26. The van der Waals surface area contributed by atoms with E-state index in [1.807, 2.05) is 44.2 Å². The van der Waals surface area contributed by atoms with Crippen molar-refractivity contribution in [2.24, 2.45) is 0 Å². The Balaban J connectivity index is 1.38. The zero-order valence-electron chi connectivity index (χ0n) is 18.9. The van der Waals surface area contributed by atoms with E-state index in [0.29, 0.717) is 12.1 Å². The second-order valence-electron chi connectivity index (χ2n) is 8.78. The molecule has 1 aliphatic carbocycles. The number of rotatable bonds is 6. The van der Waals surface area contributed by atoms with Crippen molar-refractivity contribution in [1.82, 2.24) is 10.2 Å². The van der Waals surface area contributed by atoms with Crippen molar-refractivity contribution in [3.63, 3.8) is 0 Å². The highest BCUT2D eigenvalue weighted by molar-refractivity contribution is 6.47. The first kappa shape index (κ1) is 23.1. The fourth-order valence-electron chi connectivity index (χ4n) is 4.37. The van der Waals surface area contributed by atoms with Gasteiger partial charge in [-0.05, 0) is 61.6 Å². The summed E-state index contributed by atoms with van der Waals surface area (Å²) in [6, 6.07) is 13.0. The number of halogens is 1. The van der Waals surface area contributed by atoms with Crippen molar-refractivity contribution in [3.05, 3.63) is 75.4 Å². The Morgan fingerprint density at radius 2 is 1.70 bits per heavy atom. The average Bonchev–Trinajstić information content (AvgIpc) is 3.03. The fraction of sp³-hybridized carbons (Fsp3) is 0.346. The molecule has 1 saturated carbocycles. The topological polar surface area (TPSA) is 78.5 Å². The van der Waals surface area contributed by atoms with Crippen LogP contribution in [0, 0.1) is 13.8 Å². The summed E-state index contributed by atoms with van der Waals surface area (Å²) in [7, 11) is 0. The van der Waals surface area contributed by atoms with E-state index in [0.717, 1.165) is 54.5 Å². The molecule has 7 heteroatoms. The van der Waals surface area contributed by atoms with E-state index in [-0.39, 0.29) is 28.6 Å². The molecule has 0 bridgehead atoms. The number of hydrogen-bond donors (Lipinski definition) is 2. The maximum absolute atomic E-state index is 12.9. The average molecular weight is 466 g/mol. The van der Waals surface area contributed by atoms with Gasteiger partial charge in [-0.2, -0.15) is 0 Å². The summed E-state index contributed by atoms with van der Waals surface area (Å²) in [4.78, 5) is 39.4. The van der Waals surface area contributed by atoms with E-state index in [2.05, 4.69) is 10.6 Å². The summed E-state index contributed by atoms with van der Waals surface area (Å²) >= 11 is 6.22. The summed E-state index contributed by atoms with van der Waals surface area (Å²) in [5, 5.41) is 5.94. The normalized spacial score (nSPS) is 17.0. The quantitative estimate of drug-likeness (QED) is 0.601. The molecule has 0 radical (unpaired) electrons. The van der Waals surface area contributed by atoms with E-state index in [4.69, 9.17) is 11.6 Å². The highest BCUT2D eigenvalue weighted by atomic mass is 35.5. The van der Waals surface area contributed by atoms with Gasteiger partial charge < -0.3 is 10.6 Å². The van der Waals surface area contributed by atoms with Gasteiger partial charge in [0.2, 0.25) is 0 Å². The number of imide groups is 1. The molecule has 0 saturated heterocycles. The van der Waals surface area contributed by atoms with Gasteiger partial charge in [0.25, 0.3) is 17.7 Å². The van der Waals surface area contributed by atoms with Gasteiger partial charge in [-0.25, -0.2) is 0 Å². The number of hydrogen-bond acceptors (Lipinski definition) is 4. The molecule has 2 N–H and O–H groups in total. The number of anilines is 1. The van der Waals surface area contributed by atoms with E-state index >= 15 is 0 Å². The Morgan fingerprint density at radius 3 is 2.39 bits per heavy atom. The van der Waals surface area contributed by atoms with Gasteiger partial charge in [0.15, 0.2) is 0 Å². The number of nitrogens with zero attached hydrogens (tertiary/aromatic N) is 1. The van der Waals surface area contributed by atoms with E-state index < -0.39 is 5.91 Å². The summed E-state index contributed by atoms with van der Waals surface area (Å²) in [5.41, 5.74) is 4.42. The predicted octanol–water partition coefficient (Wildman–Crippen LogP) is 4.80. The van der Waals surface area contributed by atoms with Gasteiger partial charge in [-0.3, -0.25) is 19.3 Å². The molecule has 0 aromatic heterocycles. The molecule has 1 fully saturated rings. The molecule has 172 valence electrons. The summed E-state index contributed by atoms with van der Waals surface area (Å²) < 4.78 is 0. The second kappa shape index (κ2) is 9.79. The summed E-state index contributed by atoms with van der Waals surface area (Å²) in [6.07, 6.45) is 4.84. The van der Waals surface area contributed by atoms with Crippen LogP contribution in [0.3, 0.4) is 0 Å². The van der Waals surface area contributed by atoms with E-state index in [9.17, 15) is 14.4 Å². The van der Waals surface area contributed by atoms with Gasteiger partial charge in [0.1, 0.15) is 10.7 Å². The molecule has 4 rings (SSSR count). The van der Waals surface area contributed by atoms with E-state index in [1.165, 1.54) is 4.90 Å². The van der Waals surface area contributed by atoms with E-state index in [1.54, 1.807) is 12.1 Å². The van der Waals surface area contributed by atoms with Crippen LogP contribution in [0.2, 0.25) is 0 Å². The van der Waals surface area contributed by atoms with Crippen LogP contribution < -0.4 is 10.6 Å². The Hall–Kier alpha value is -3.12. The van der Waals surface area contributed by atoms with Crippen LogP contribution >= 0.6 is 11.6 Å². The Morgan fingerprint density at radius 1 is 1.00 bits per heavy atom. The number of aryl methyl sites for hydroxylation is 2. The lowest BCUT2D eigenvalue weighted by atomic mass is 9.94. The standard InChI is InChI=1S/C26H28ClN3O3/c1-16-8-9-17(2)21(14-16)29-24(31)19-12-10-18(11-13-19)15-28-23-22(27)25(32)30(26(23)33)20-6-4-3-5-7-20/h8-14,20,28H,3-7,15H2,1-2H3,(H,29,31). The van der Waals surface area contributed by atoms with Crippen molar-refractivity contribution in [2.75, 3.05) is 5.32 Å². The molecule has 6 nitrogen and oxygen atoms in total. The SMILES string of the molecule is Cc1ccc(C)c(NC(=O)c2ccc(CNC3=C(Cl)C(=O)N(C4CCCCC4)C3=O)cc2)c1. The van der Waals surface area contributed by atoms with Crippen LogP contribution in [0.4, 0.5) is 5.69 Å². The first-order valence-corrected chi connectivity index (χ1v) is 11.7. The fourth-order valence-corrected chi connectivity index (χ4v) is 4.61. The lowest BCUT2D eigenvalue weighted by Crippen LogP contribution is -2.43. The Labute approximate surface area is 199 Å².